The summed E-state index contributed by atoms with van der Waals surface area (Å²) in [5.74, 6) is -0.821. The molecule has 2 aromatic carbocycles. The summed E-state index contributed by atoms with van der Waals surface area (Å²) in [7, 11) is 1.56. The molecular formula is C20H18FNO5. The molecule has 0 aliphatic heterocycles. The molecule has 0 aliphatic rings. The highest BCUT2D eigenvalue weighted by Gasteiger charge is 2.14. The van der Waals surface area contributed by atoms with E-state index in [9.17, 15) is 14.0 Å². The molecule has 6 nitrogen and oxygen atoms in total. The number of halogens is 1. The first-order chi connectivity index (χ1) is 13.1. The number of furan rings is 1. The van der Waals surface area contributed by atoms with E-state index in [2.05, 4.69) is 5.32 Å². The molecule has 0 radical (unpaired) electrons. The Hall–Kier alpha value is -3.35. The Labute approximate surface area is 154 Å². The van der Waals surface area contributed by atoms with Crippen LogP contribution in [-0.4, -0.2) is 25.6 Å². The topological polar surface area (TPSA) is 77.8 Å². The van der Waals surface area contributed by atoms with Crippen molar-refractivity contribution in [3.05, 3.63) is 65.7 Å². The molecule has 0 saturated carbocycles. The van der Waals surface area contributed by atoms with Crippen LogP contribution in [0.4, 0.5) is 4.39 Å². The first kappa shape index (κ1) is 18.4. The normalized spacial score (nSPS) is 10.6. The molecule has 0 aliphatic carbocycles. The van der Waals surface area contributed by atoms with E-state index in [-0.39, 0.29) is 13.0 Å². The summed E-state index contributed by atoms with van der Waals surface area (Å²) in [6, 6.07) is 11.4. The van der Waals surface area contributed by atoms with Gasteiger partial charge in [0.05, 0.1) is 19.8 Å². The number of fused-ring (bicyclic) bond motifs is 1. The van der Waals surface area contributed by atoms with Crippen molar-refractivity contribution in [2.45, 2.75) is 13.0 Å². The van der Waals surface area contributed by atoms with Crippen molar-refractivity contribution in [3.8, 4) is 5.75 Å². The first-order valence-electron chi connectivity index (χ1n) is 8.26. The minimum atomic E-state index is -0.561. The number of benzene rings is 2. The van der Waals surface area contributed by atoms with Crippen LogP contribution in [0.15, 0.2) is 53.1 Å². The van der Waals surface area contributed by atoms with Gasteiger partial charge in [-0.1, -0.05) is 18.2 Å². The second kappa shape index (κ2) is 8.35. The molecule has 7 heteroatoms. The van der Waals surface area contributed by atoms with Crippen molar-refractivity contribution >= 4 is 22.8 Å². The van der Waals surface area contributed by atoms with Crippen LogP contribution in [0.1, 0.15) is 11.1 Å². The van der Waals surface area contributed by atoms with E-state index >= 15 is 0 Å². The lowest BCUT2D eigenvalue weighted by Crippen LogP contribution is -2.29. The Bertz CT molecular complexity index is 966. The molecule has 3 rings (SSSR count). The van der Waals surface area contributed by atoms with Gasteiger partial charge in [-0.15, -0.1) is 0 Å². The van der Waals surface area contributed by atoms with Gasteiger partial charge in [-0.2, -0.15) is 0 Å². The van der Waals surface area contributed by atoms with E-state index < -0.39 is 24.3 Å². The zero-order chi connectivity index (χ0) is 19.2. The third-order valence-electron chi connectivity index (χ3n) is 4.00. The number of methoxy groups -OCH3 is 1. The van der Waals surface area contributed by atoms with Crippen LogP contribution in [0, 0.1) is 5.82 Å². The number of hydrogen-bond acceptors (Lipinski definition) is 5. The Morgan fingerprint density at radius 1 is 1.15 bits per heavy atom. The Kier molecular flexibility index (Phi) is 5.71. The lowest BCUT2D eigenvalue weighted by molar-refractivity contribution is -0.147. The number of esters is 1. The molecule has 0 fully saturated rings. The first-order valence-corrected chi connectivity index (χ1v) is 8.26. The number of hydrogen-bond donors (Lipinski definition) is 1. The van der Waals surface area contributed by atoms with Crippen molar-refractivity contribution in [3.63, 3.8) is 0 Å². The van der Waals surface area contributed by atoms with E-state index in [1.165, 1.54) is 12.3 Å². The smallest absolute Gasteiger partial charge is 0.310 e. The summed E-state index contributed by atoms with van der Waals surface area (Å²) in [6.45, 7) is -0.409. The van der Waals surface area contributed by atoms with Gasteiger partial charge in [0.1, 0.15) is 17.1 Å². The zero-order valence-corrected chi connectivity index (χ0v) is 14.7. The van der Waals surface area contributed by atoms with Gasteiger partial charge in [-0.3, -0.25) is 9.59 Å². The fourth-order valence-electron chi connectivity index (χ4n) is 2.57. The summed E-state index contributed by atoms with van der Waals surface area (Å²) in [6.07, 6.45) is 1.45. The Morgan fingerprint density at radius 3 is 2.74 bits per heavy atom. The van der Waals surface area contributed by atoms with Crippen LogP contribution >= 0.6 is 0 Å². The molecule has 0 bridgehead atoms. The monoisotopic (exact) mass is 371 g/mol. The molecule has 0 saturated heterocycles. The summed E-state index contributed by atoms with van der Waals surface area (Å²) in [4.78, 5) is 23.8. The lowest BCUT2D eigenvalue weighted by Gasteiger charge is -2.07. The highest BCUT2D eigenvalue weighted by molar-refractivity contribution is 5.87. The van der Waals surface area contributed by atoms with Crippen LogP contribution in [0.5, 0.6) is 5.75 Å². The van der Waals surface area contributed by atoms with E-state index in [1.807, 2.05) is 0 Å². The van der Waals surface area contributed by atoms with Gasteiger partial charge in [-0.25, -0.2) is 4.39 Å². The number of carbonyl (C=O) groups excluding carboxylic acids is 2. The number of amides is 1. The van der Waals surface area contributed by atoms with Gasteiger partial charge in [0.15, 0.2) is 6.61 Å². The summed E-state index contributed by atoms with van der Waals surface area (Å²) in [5.41, 5.74) is 1.61. The Balaban J connectivity index is 1.49. The highest BCUT2D eigenvalue weighted by Crippen LogP contribution is 2.26. The molecule has 0 spiro atoms. The van der Waals surface area contributed by atoms with E-state index in [1.54, 1.807) is 43.5 Å². The van der Waals surface area contributed by atoms with Crippen LogP contribution in [-0.2, 0) is 27.3 Å². The van der Waals surface area contributed by atoms with E-state index in [0.717, 1.165) is 5.39 Å². The van der Waals surface area contributed by atoms with Crippen molar-refractivity contribution in [1.29, 1.82) is 0 Å². The van der Waals surface area contributed by atoms with Crippen LogP contribution in [0.3, 0.4) is 0 Å². The average molecular weight is 371 g/mol. The van der Waals surface area contributed by atoms with Gasteiger partial charge in [0.2, 0.25) is 0 Å². The fourth-order valence-corrected chi connectivity index (χ4v) is 2.57. The number of nitrogens with one attached hydrogen (secondary N) is 1. The molecule has 1 amide bonds. The third-order valence-corrected chi connectivity index (χ3v) is 4.00. The largest absolute Gasteiger partial charge is 0.497 e. The number of carbonyl (C=O) groups is 2. The molecule has 0 unspecified atom stereocenters. The van der Waals surface area contributed by atoms with Crippen LogP contribution in [0.2, 0.25) is 0 Å². The number of rotatable bonds is 7. The fraction of sp³-hybridized carbons (Fsp3) is 0.200. The molecule has 27 heavy (non-hydrogen) atoms. The standard InChI is InChI=1S/C20H18FNO5/c1-25-15-6-7-16-14(11-26-18(16)9-15)8-20(24)27-12-19(23)22-10-13-4-2-3-5-17(13)21/h2-7,9,11H,8,10,12H2,1H3,(H,22,23). The predicted molar refractivity (Wildman–Crippen MR) is 95.7 cm³/mol. The SMILES string of the molecule is COc1ccc2c(CC(=O)OCC(=O)NCc3ccccc3F)coc2c1. The number of ether oxygens (including phenoxy) is 2. The second-order valence-corrected chi connectivity index (χ2v) is 5.83. The minimum absolute atomic E-state index is 0.0251. The van der Waals surface area contributed by atoms with E-state index in [4.69, 9.17) is 13.9 Å². The maximum absolute atomic E-state index is 13.5. The van der Waals surface area contributed by atoms with Crippen molar-refractivity contribution in [1.82, 2.24) is 5.32 Å². The molecule has 1 aromatic heterocycles. The van der Waals surface area contributed by atoms with Crippen molar-refractivity contribution in [2.24, 2.45) is 0 Å². The maximum atomic E-state index is 13.5. The van der Waals surface area contributed by atoms with Crippen molar-refractivity contribution < 1.29 is 27.9 Å². The third kappa shape index (κ3) is 4.63. The summed E-state index contributed by atoms with van der Waals surface area (Å²) >= 11 is 0. The van der Waals surface area contributed by atoms with Crippen molar-refractivity contribution in [2.75, 3.05) is 13.7 Å². The van der Waals surface area contributed by atoms with Gasteiger partial charge >= 0.3 is 5.97 Å². The van der Waals surface area contributed by atoms with Crippen LogP contribution in [0.25, 0.3) is 11.0 Å². The predicted octanol–water partition coefficient (Wildman–Crippen LogP) is 2.98. The molecule has 1 heterocycles. The molecule has 0 atom stereocenters. The van der Waals surface area contributed by atoms with Gasteiger partial charge in [0, 0.05) is 29.1 Å². The quantitative estimate of drug-likeness (QED) is 0.646. The zero-order valence-electron chi connectivity index (χ0n) is 14.7. The average Bonchev–Trinajstić information content (AvgIpc) is 3.07. The molecular weight excluding hydrogens is 353 g/mol. The van der Waals surface area contributed by atoms with Crippen LogP contribution < -0.4 is 10.1 Å². The summed E-state index contributed by atoms with van der Waals surface area (Å²) < 4.78 is 29.0. The van der Waals surface area contributed by atoms with Gasteiger partial charge in [-0.05, 0) is 18.2 Å². The van der Waals surface area contributed by atoms with Gasteiger partial charge < -0.3 is 19.2 Å². The molecule has 140 valence electrons. The molecule has 1 N–H and O–H groups in total. The lowest BCUT2D eigenvalue weighted by atomic mass is 10.1. The molecule has 3 aromatic rings. The Morgan fingerprint density at radius 2 is 1.96 bits per heavy atom. The minimum Gasteiger partial charge on any atom is -0.497 e. The van der Waals surface area contributed by atoms with E-state index in [0.29, 0.717) is 22.5 Å². The summed E-state index contributed by atoms with van der Waals surface area (Å²) in [5, 5.41) is 3.28. The maximum Gasteiger partial charge on any atom is 0.310 e. The van der Waals surface area contributed by atoms with Gasteiger partial charge in [0.25, 0.3) is 5.91 Å². The second-order valence-electron chi connectivity index (χ2n) is 5.83. The highest BCUT2D eigenvalue weighted by atomic mass is 19.1.